The number of aliphatic carboxylic acids is 1. The van der Waals surface area contributed by atoms with Gasteiger partial charge in [-0.1, -0.05) is 0 Å². The summed E-state index contributed by atoms with van der Waals surface area (Å²) >= 11 is 0. The first-order valence-corrected chi connectivity index (χ1v) is 7.18. The van der Waals surface area contributed by atoms with Gasteiger partial charge in [0.15, 0.2) is 5.82 Å². The lowest BCUT2D eigenvalue weighted by Crippen LogP contribution is -2.16. The molecule has 2 heterocycles. The molecule has 0 amide bonds. The zero-order chi connectivity index (χ0) is 15.5. The fourth-order valence-electron chi connectivity index (χ4n) is 1.41. The zero-order valence-corrected chi connectivity index (χ0v) is 11.4. The lowest BCUT2D eigenvalue weighted by molar-refractivity contribution is -0.137. The van der Waals surface area contributed by atoms with E-state index in [1.54, 1.807) is 0 Å². The number of hydrogen-bond donors (Lipinski definition) is 3. The predicted molar refractivity (Wildman–Crippen MR) is 70.1 cm³/mol. The van der Waals surface area contributed by atoms with Crippen LogP contribution in [0.3, 0.4) is 0 Å². The van der Waals surface area contributed by atoms with Crippen molar-refractivity contribution >= 4 is 21.8 Å². The summed E-state index contributed by atoms with van der Waals surface area (Å²) in [5.74, 6) is -1.06. The summed E-state index contributed by atoms with van der Waals surface area (Å²) in [6, 6.07) is 2.34. The van der Waals surface area contributed by atoms with E-state index >= 15 is 0 Å². The number of hydrogen-bond acceptors (Lipinski definition) is 6. The largest absolute Gasteiger partial charge is 0.481 e. The predicted octanol–water partition coefficient (Wildman–Crippen LogP) is -0.758. The number of aromatic amines is 1. The molecule has 0 bridgehead atoms. The van der Waals surface area contributed by atoms with Crippen LogP contribution in [-0.4, -0.2) is 39.5 Å². The van der Waals surface area contributed by atoms with Gasteiger partial charge in [0, 0.05) is 12.3 Å². The standard InChI is InChI=1S/C10H11N5O5S/c16-9-2-1-8(12-13-9)14-21(19,20)7-5-11-15(6-7)4-3-10(17)18/h1-2,5-6H,3-4H2,(H,12,14)(H,13,16)(H,17,18). The maximum Gasteiger partial charge on any atom is 0.305 e. The highest BCUT2D eigenvalue weighted by atomic mass is 32.2. The van der Waals surface area contributed by atoms with Crippen LogP contribution < -0.4 is 10.3 Å². The number of carboxylic acids is 1. The lowest BCUT2D eigenvalue weighted by atomic mass is 10.4. The van der Waals surface area contributed by atoms with Crippen LogP contribution in [0.2, 0.25) is 0 Å². The molecule has 0 fully saturated rings. The maximum atomic E-state index is 12.0. The number of aryl methyl sites for hydroxylation is 1. The number of aromatic nitrogens is 4. The van der Waals surface area contributed by atoms with Crippen molar-refractivity contribution in [3.8, 4) is 0 Å². The average Bonchev–Trinajstić information content (AvgIpc) is 2.88. The molecule has 0 radical (unpaired) electrons. The third-order valence-corrected chi connectivity index (χ3v) is 3.70. The number of sulfonamides is 1. The Bertz CT molecular complexity index is 789. The second kappa shape index (κ2) is 5.75. The van der Waals surface area contributed by atoms with E-state index < -0.39 is 21.6 Å². The van der Waals surface area contributed by atoms with Crippen molar-refractivity contribution < 1.29 is 18.3 Å². The number of nitrogens with one attached hydrogen (secondary N) is 2. The highest BCUT2D eigenvalue weighted by Gasteiger charge is 2.17. The fraction of sp³-hybridized carbons (Fsp3) is 0.200. The minimum atomic E-state index is -3.91. The Balaban J connectivity index is 2.14. The molecule has 2 aromatic rings. The summed E-state index contributed by atoms with van der Waals surface area (Å²) in [4.78, 5) is 21.1. The first-order valence-electron chi connectivity index (χ1n) is 5.69. The molecule has 21 heavy (non-hydrogen) atoms. The van der Waals surface area contributed by atoms with Gasteiger partial charge in [-0.05, 0) is 6.07 Å². The Kier molecular flexibility index (Phi) is 4.03. The van der Waals surface area contributed by atoms with Crippen LogP contribution in [0.5, 0.6) is 0 Å². The molecule has 0 spiro atoms. The van der Waals surface area contributed by atoms with E-state index in [1.165, 1.54) is 16.9 Å². The van der Waals surface area contributed by atoms with Crippen molar-refractivity contribution in [3.63, 3.8) is 0 Å². The number of rotatable bonds is 6. The monoisotopic (exact) mass is 313 g/mol. The summed E-state index contributed by atoms with van der Waals surface area (Å²) in [5.41, 5.74) is -0.459. The van der Waals surface area contributed by atoms with E-state index in [0.717, 1.165) is 12.3 Å². The van der Waals surface area contributed by atoms with Crippen molar-refractivity contribution in [1.29, 1.82) is 0 Å². The normalized spacial score (nSPS) is 11.2. The van der Waals surface area contributed by atoms with Crippen molar-refractivity contribution in [1.82, 2.24) is 20.0 Å². The van der Waals surface area contributed by atoms with E-state index in [-0.39, 0.29) is 23.7 Å². The molecule has 112 valence electrons. The summed E-state index contributed by atoms with van der Waals surface area (Å²) in [5, 5.41) is 17.9. The van der Waals surface area contributed by atoms with Gasteiger partial charge >= 0.3 is 5.97 Å². The Morgan fingerprint density at radius 3 is 2.81 bits per heavy atom. The second-order valence-corrected chi connectivity index (χ2v) is 5.68. The van der Waals surface area contributed by atoms with E-state index in [9.17, 15) is 18.0 Å². The molecule has 0 saturated carbocycles. The molecular formula is C10H11N5O5S. The number of anilines is 1. The average molecular weight is 313 g/mol. The van der Waals surface area contributed by atoms with Crippen LogP contribution in [0, 0.1) is 0 Å². The van der Waals surface area contributed by atoms with Crippen molar-refractivity contribution in [2.75, 3.05) is 4.72 Å². The Morgan fingerprint density at radius 2 is 2.19 bits per heavy atom. The quantitative estimate of drug-likeness (QED) is 0.635. The van der Waals surface area contributed by atoms with Gasteiger partial charge in [-0.15, -0.1) is 0 Å². The molecule has 0 aliphatic heterocycles. The molecule has 0 aromatic carbocycles. The van der Waals surface area contributed by atoms with Gasteiger partial charge in [-0.25, -0.2) is 13.5 Å². The van der Waals surface area contributed by atoms with Crippen LogP contribution in [0.25, 0.3) is 0 Å². The van der Waals surface area contributed by atoms with Gasteiger partial charge < -0.3 is 5.11 Å². The highest BCUT2D eigenvalue weighted by Crippen LogP contribution is 2.12. The van der Waals surface area contributed by atoms with Crippen molar-refractivity contribution in [2.24, 2.45) is 0 Å². The number of carbonyl (C=O) groups is 1. The molecule has 0 aliphatic rings. The van der Waals surface area contributed by atoms with Crippen LogP contribution in [0.15, 0.2) is 34.2 Å². The third-order valence-electron chi connectivity index (χ3n) is 2.39. The topological polar surface area (TPSA) is 147 Å². The summed E-state index contributed by atoms with van der Waals surface area (Å²) in [6.45, 7) is 0.0573. The zero-order valence-electron chi connectivity index (χ0n) is 10.6. The van der Waals surface area contributed by atoms with E-state index in [2.05, 4.69) is 20.0 Å². The molecule has 10 nitrogen and oxygen atoms in total. The van der Waals surface area contributed by atoms with E-state index in [0.29, 0.717) is 0 Å². The van der Waals surface area contributed by atoms with Crippen LogP contribution in [0.4, 0.5) is 5.82 Å². The maximum absolute atomic E-state index is 12.0. The van der Waals surface area contributed by atoms with Gasteiger partial charge in [-0.2, -0.15) is 10.2 Å². The van der Waals surface area contributed by atoms with E-state index in [1.807, 2.05) is 0 Å². The molecule has 0 aliphatic carbocycles. The summed E-state index contributed by atoms with van der Waals surface area (Å²) in [7, 11) is -3.91. The van der Waals surface area contributed by atoms with Crippen molar-refractivity contribution in [2.45, 2.75) is 17.9 Å². The highest BCUT2D eigenvalue weighted by molar-refractivity contribution is 7.92. The first-order chi connectivity index (χ1) is 9.87. The lowest BCUT2D eigenvalue weighted by Gasteiger charge is -2.03. The minimum Gasteiger partial charge on any atom is -0.481 e. The summed E-state index contributed by atoms with van der Waals surface area (Å²) in [6.07, 6.45) is 2.13. The van der Waals surface area contributed by atoms with Crippen molar-refractivity contribution in [3.05, 3.63) is 34.9 Å². The minimum absolute atomic E-state index is 0.0483. The molecule has 2 rings (SSSR count). The molecular weight excluding hydrogens is 302 g/mol. The third kappa shape index (κ3) is 3.89. The number of H-pyrrole nitrogens is 1. The molecule has 11 heteroatoms. The Hall–Kier alpha value is -2.69. The van der Waals surface area contributed by atoms with Gasteiger partial charge in [0.25, 0.3) is 15.6 Å². The smallest absolute Gasteiger partial charge is 0.305 e. The number of carboxylic acid groups (broad SMARTS) is 1. The summed E-state index contributed by atoms with van der Waals surface area (Å²) < 4.78 is 27.4. The second-order valence-electron chi connectivity index (χ2n) is 3.99. The van der Waals surface area contributed by atoms with Gasteiger partial charge in [0.2, 0.25) is 0 Å². The van der Waals surface area contributed by atoms with Crippen LogP contribution in [-0.2, 0) is 21.4 Å². The fourth-order valence-corrected chi connectivity index (χ4v) is 2.37. The van der Waals surface area contributed by atoms with Crippen LogP contribution >= 0.6 is 0 Å². The Labute approximate surface area is 118 Å². The van der Waals surface area contributed by atoms with Gasteiger partial charge in [0.05, 0.1) is 19.2 Å². The molecule has 2 aromatic heterocycles. The van der Waals surface area contributed by atoms with E-state index in [4.69, 9.17) is 5.11 Å². The molecule has 0 saturated heterocycles. The number of nitrogens with zero attached hydrogens (tertiary/aromatic N) is 3. The Morgan fingerprint density at radius 1 is 1.43 bits per heavy atom. The SMILES string of the molecule is O=C(O)CCn1cc(S(=O)(=O)Nc2ccc(=O)[nH]n2)cn1. The first kappa shape index (κ1) is 14.7. The molecule has 0 unspecified atom stereocenters. The van der Waals surface area contributed by atoms with Gasteiger partial charge in [0.1, 0.15) is 4.90 Å². The van der Waals surface area contributed by atoms with Gasteiger partial charge in [-0.3, -0.25) is 19.0 Å². The van der Waals surface area contributed by atoms with Crippen LogP contribution in [0.1, 0.15) is 6.42 Å². The molecule has 3 N–H and O–H groups in total. The molecule has 0 atom stereocenters.